The van der Waals surface area contributed by atoms with Gasteiger partial charge in [-0.3, -0.25) is 0 Å². The van der Waals surface area contributed by atoms with E-state index in [-0.39, 0.29) is 0 Å². The van der Waals surface area contributed by atoms with E-state index in [0.29, 0.717) is 0 Å². The first-order valence-corrected chi connectivity index (χ1v) is 9.30. The number of aromatic amines is 1. The number of aliphatic hydroxyl groups excluding tert-OH is 1. The zero-order valence-electron chi connectivity index (χ0n) is 14.6. The van der Waals surface area contributed by atoms with Crippen molar-refractivity contribution in [3.05, 3.63) is 71.9 Å². The third-order valence-corrected chi connectivity index (χ3v) is 5.49. The van der Waals surface area contributed by atoms with Gasteiger partial charge in [0.2, 0.25) is 0 Å². The Hall–Kier alpha value is -2.10. The molecule has 3 aromatic rings. The summed E-state index contributed by atoms with van der Waals surface area (Å²) in [5, 5.41) is 11.8. The SMILES string of the molecule is OC(CN1CCC(Cc2ccccc2)CC1)c1c[nH]c2ccccc12. The molecule has 3 nitrogen and oxygen atoms in total. The normalized spacial score (nSPS) is 17.8. The number of nitrogens with zero attached hydrogens (tertiary/aromatic N) is 1. The molecule has 1 unspecified atom stereocenters. The number of para-hydroxylation sites is 1. The number of fused-ring (bicyclic) bond motifs is 1. The van der Waals surface area contributed by atoms with E-state index in [1.807, 2.05) is 18.3 Å². The summed E-state index contributed by atoms with van der Waals surface area (Å²) >= 11 is 0. The highest BCUT2D eigenvalue weighted by molar-refractivity contribution is 5.83. The molecule has 0 bridgehead atoms. The number of nitrogens with one attached hydrogen (secondary N) is 1. The summed E-state index contributed by atoms with van der Waals surface area (Å²) in [6.07, 6.45) is 5.14. The van der Waals surface area contributed by atoms with Gasteiger partial charge in [-0.15, -0.1) is 0 Å². The largest absolute Gasteiger partial charge is 0.387 e. The average molecular weight is 334 g/mol. The van der Waals surface area contributed by atoms with Crippen molar-refractivity contribution in [1.29, 1.82) is 0 Å². The quantitative estimate of drug-likeness (QED) is 0.735. The van der Waals surface area contributed by atoms with Crippen LogP contribution in [-0.2, 0) is 6.42 Å². The molecular formula is C22H26N2O. The fourth-order valence-electron chi connectivity index (χ4n) is 4.03. The maximum atomic E-state index is 10.7. The lowest BCUT2D eigenvalue weighted by Crippen LogP contribution is -2.37. The molecular weight excluding hydrogens is 308 g/mol. The Morgan fingerprint density at radius 2 is 1.72 bits per heavy atom. The monoisotopic (exact) mass is 334 g/mol. The molecule has 25 heavy (non-hydrogen) atoms. The lowest BCUT2D eigenvalue weighted by atomic mass is 9.90. The van der Waals surface area contributed by atoms with Gasteiger partial charge < -0.3 is 15.0 Å². The highest BCUT2D eigenvalue weighted by atomic mass is 16.3. The van der Waals surface area contributed by atoms with Crippen LogP contribution in [0.5, 0.6) is 0 Å². The van der Waals surface area contributed by atoms with Crippen LogP contribution in [0.3, 0.4) is 0 Å². The van der Waals surface area contributed by atoms with Crippen molar-refractivity contribution in [2.24, 2.45) is 5.92 Å². The summed E-state index contributed by atoms with van der Waals surface area (Å²) in [5.74, 6) is 0.767. The number of β-amino-alcohol motifs (C(OH)–C–C–N with tert-alkyl or cyclic N) is 1. The van der Waals surface area contributed by atoms with E-state index < -0.39 is 6.10 Å². The molecule has 1 aliphatic heterocycles. The van der Waals surface area contributed by atoms with E-state index in [2.05, 4.69) is 52.3 Å². The summed E-state index contributed by atoms with van der Waals surface area (Å²) in [7, 11) is 0. The zero-order chi connectivity index (χ0) is 17.1. The van der Waals surface area contributed by atoms with Crippen molar-refractivity contribution >= 4 is 10.9 Å². The fraction of sp³-hybridized carbons (Fsp3) is 0.364. The van der Waals surface area contributed by atoms with Crippen LogP contribution in [0.2, 0.25) is 0 Å². The number of rotatable bonds is 5. The van der Waals surface area contributed by atoms with Crippen LogP contribution in [0, 0.1) is 5.92 Å². The van der Waals surface area contributed by atoms with Crippen molar-refractivity contribution in [3.63, 3.8) is 0 Å². The minimum absolute atomic E-state index is 0.429. The molecule has 0 amide bonds. The molecule has 1 atom stereocenters. The van der Waals surface area contributed by atoms with Gasteiger partial charge in [0.15, 0.2) is 0 Å². The van der Waals surface area contributed by atoms with Crippen molar-refractivity contribution < 1.29 is 5.11 Å². The number of aliphatic hydroxyl groups is 1. The molecule has 0 aliphatic carbocycles. The maximum Gasteiger partial charge on any atom is 0.0937 e. The van der Waals surface area contributed by atoms with Crippen molar-refractivity contribution in [2.45, 2.75) is 25.4 Å². The lowest BCUT2D eigenvalue weighted by molar-refractivity contribution is 0.0901. The van der Waals surface area contributed by atoms with Gasteiger partial charge in [-0.2, -0.15) is 0 Å². The van der Waals surface area contributed by atoms with Crippen LogP contribution in [0.25, 0.3) is 10.9 Å². The first kappa shape index (κ1) is 16.4. The maximum absolute atomic E-state index is 10.7. The Balaban J connectivity index is 1.32. The van der Waals surface area contributed by atoms with Gasteiger partial charge >= 0.3 is 0 Å². The number of H-pyrrole nitrogens is 1. The average Bonchev–Trinajstić information content (AvgIpc) is 3.08. The number of piperidine rings is 1. The van der Waals surface area contributed by atoms with Crippen LogP contribution in [0.15, 0.2) is 60.8 Å². The first-order chi connectivity index (χ1) is 12.3. The molecule has 0 saturated carbocycles. The van der Waals surface area contributed by atoms with Crippen LogP contribution in [0.1, 0.15) is 30.1 Å². The minimum atomic E-state index is -0.429. The summed E-state index contributed by atoms with van der Waals surface area (Å²) < 4.78 is 0. The van der Waals surface area contributed by atoms with Gasteiger partial charge in [0, 0.05) is 29.2 Å². The van der Waals surface area contributed by atoms with Gasteiger partial charge in [0.1, 0.15) is 0 Å². The molecule has 3 heteroatoms. The highest BCUT2D eigenvalue weighted by Gasteiger charge is 2.22. The molecule has 1 aliphatic rings. The number of hydrogen-bond acceptors (Lipinski definition) is 2. The molecule has 4 rings (SSSR count). The zero-order valence-corrected chi connectivity index (χ0v) is 14.6. The Labute approximate surface area is 149 Å². The molecule has 1 aromatic heterocycles. The minimum Gasteiger partial charge on any atom is -0.387 e. The summed E-state index contributed by atoms with van der Waals surface area (Å²) in [4.78, 5) is 5.67. The van der Waals surface area contributed by atoms with E-state index >= 15 is 0 Å². The Kier molecular flexibility index (Phi) is 4.86. The second kappa shape index (κ2) is 7.42. The van der Waals surface area contributed by atoms with E-state index in [1.54, 1.807) is 0 Å². The predicted molar refractivity (Wildman–Crippen MR) is 103 cm³/mol. The van der Waals surface area contributed by atoms with Crippen LogP contribution in [-0.4, -0.2) is 34.6 Å². The topological polar surface area (TPSA) is 39.3 Å². The van der Waals surface area contributed by atoms with E-state index in [1.165, 1.54) is 24.8 Å². The number of hydrogen-bond donors (Lipinski definition) is 2. The van der Waals surface area contributed by atoms with Gasteiger partial charge in [-0.1, -0.05) is 48.5 Å². The van der Waals surface area contributed by atoms with E-state index in [4.69, 9.17) is 0 Å². The summed E-state index contributed by atoms with van der Waals surface area (Å²) in [5.41, 5.74) is 3.56. The Morgan fingerprint density at radius 1 is 1.00 bits per heavy atom. The molecule has 1 saturated heterocycles. The molecule has 2 N–H and O–H groups in total. The van der Waals surface area contributed by atoms with Crippen molar-refractivity contribution in [1.82, 2.24) is 9.88 Å². The Bertz CT molecular complexity index is 803. The second-order valence-corrected chi connectivity index (χ2v) is 7.24. The predicted octanol–water partition coefficient (Wildman–Crippen LogP) is 4.16. The van der Waals surface area contributed by atoms with Gasteiger partial charge in [-0.25, -0.2) is 0 Å². The summed E-state index contributed by atoms with van der Waals surface area (Å²) in [6, 6.07) is 19.0. The van der Waals surface area contributed by atoms with Crippen LogP contribution < -0.4 is 0 Å². The highest BCUT2D eigenvalue weighted by Crippen LogP contribution is 2.27. The molecule has 1 fully saturated rings. The molecule has 2 heterocycles. The third kappa shape index (κ3) is 3.78. The Morgan fingerprint density at radius 3 is 2.52 bits per heavy atom. The number of likely N-dealkylation sites (tertiary alicyclic amines) is 1. The van der Waals surface area contributed by atoms with Crippen molar-refractivity contribution in [3.8, 4) is 0 Å². The lowest BCUT2D eigenvalue weighted by Gasteiger charge is -2.33. The summed E-state index contributed by atoms with van der Waals surface area (Å²) in [6.45, 7) is 2.88. The van der Waals surface area contributed by atoms with Gasteiger partial charge in [-0.05, 0) is 49.9 Å². The fourth-order valence-corrected chi connectivity index (χ4v) is 4.03. The van der Waals surface area contributed by atoms with Crippen molar-refractivity contribution in [2.75, 3.05) is 19.6 Å². The van der Waals surface area contributed by atoms with Crippen LogP contribution in [0.4, 0.5) is 0 Å². The molecule has 2 aromatic carbocycles. The number of aromatic nitrogens is 1. The van der Waals surface area contributed by atoms with Gasteiger partial charge in [0.25, 0.3) is 0 Å². The van der Waals surface area contributed by atoms with E-state index in [0.717, 1.165) is 42.0 Å². The standard InChI is InChI=1S/C22H26N2O/c25-22(20-15-23-21-9-5-4-8-19(20)21)16-24-12-10-18(11-13-24)14-17-6-2-1-3-7-17/h1-9,15,18,22-23,25H,10-14,16H2. The smallest absolute Gasteiger partial charge is 0.0937 e. The number of benzene rings is 2. The molecule has 130 valence electrons. The van der Waals surface area contributed by atoms with E-state index in [9.17, 15) is 5.11 Å². The van der Waals surface area contributed by atoms with Gasteiger partial charge in [0.05, 0.1) is 6.10 Å². The third-order valence-electron chi connectivity index (χ3n) is 5.49. The molecule has 0 radical (unpaired) electrons. The second-order valence-electron chi connectivity index (χ2n) is 7.24. The molecule has 0 spiro atoms. The van der Waals surface area contributed by atoms with Crippen LogP contribution >= 0.6 is 0 Å². The first-order valence-electron chi connectivity index (χ1n) is 9.30.